The summed E-state index contributed by atoms with van der Waals surface area (Å²) in [5, 5.41) is 10.3. The SMILES string of the molecule is Cc1ccc(Cn2nc(C)c(/C=C/C(=O)NCCNC(=O)c3ccco3)c2Cl)cc1. The van der Waals surface area contributed by atoms with E-state index in [2.05, 4.69) is 15.7 Å². The van der Waals surface area contributed by atoms with Crippen LogP contribution in [0.1, 0.15) is 32.9 Å². The van der Waals surface area contributed by atoms with Gasteiger partial charge in [-0.15, -0.1) is 0 Å². The largest absolute Gasteiger partial charge is 0.459 e. The summed E-state index contributed by atoms with van der Waals surface area (Å²) in [6.45, 7) is 5.01. The molecular formula is C22H23ClN4O3. The molecule has 2 heterocycles. The Morgan fingerprint density at radius 3 is 2.57 bits per heavy atom. The highest BCUT2D eigenvalue weighted by molar-refractivity contribution is 6.31. The van der Waals surface area contributed by atoms with Crippen LogP contribution in [0.15, 0.2) is 53.2 Å². The Kier molecular flexibility index (Phi) is 7.08. The highest BCUT2D eigenvalue weighted by Crippen LogP contribution is 2.22. The lowest BCUT2D eigenvalue weighted by Gasteiger charge is -2.04. The van der Waals surface area contributed by atoms with Crippen molar-refractivity contribution in [1.82, 2.24) is 20.4 Å². The average Bonchev–Trinajstić information content (AvgIpc) is 3.35. The standard InChI is InChI=1S/C22H23ClN4O3/c1-15-5-7-17(8-6-15)14-27-21(23)18(16(2)26-27)9-10-20(28)24-11-12-25-22(29)19-4-3-13-30-19/h3-10,13H,11-12,14H2,1-2H3,(H,24,28)(H,25,29)/b10-9+. The Labute approximate surface area is 179 Å². The number of carbonyl (C=O) groups is 2. The maximum atomic E-state index is 12.0. The van der Waals surface area contributed by atoms with Crippen molar-refractivity contribution >= 4 is 29.5 Å². The molecule has 7 nitrogen and oxygen atoms in total. The molecule has 0 aliphatic heterocycles. The van der Waals surface area contributed by atoms with E-state index >= 15 is 0 Å². The van der Waals surface area contributed by atoms with Crippen molar-refractivity contribution in [3.63, 3.8) is 0 Å². The second kappa shape index (κ2) is 9.93. The lowest BCUT2D eigenvalue weighted by atomic mass is 10.1. The summed E-state index contributed by atoms with van der Waals surface area (Å²) in [4.78, 5) is 23.8. The highest BCUT2D eigenvalue weighted by Gasteiger charge is 2.12. The predicted molar refractivity (Wildman–Crippen MR) is 115 cm³/mol. The van der Waals surface area contributed by atoms with Gasteiger partial charge in [0.1, 0.15) is 5.15 Å². The fourth-order valence-corrected chi connectivity index (χ4v) is 3.10. The molecule has 30 heavy (non-hydrogen) atoms. The van der Waals surface area contributed by atoms with Crippen LogP contribution < -0.4 is 10.6 Å². The number of amides is 2. The van der Waals surface area contributed by atoms with Gasteiger partial charge in [-0.2, -0.15) is 5.10 Å². The molecule has 0 spiro atoms. The van der Waals surface area contributed by atoms with Crippen LogP contribution in [-0.2, 0) is 11.3 Å². The van der Waals surface area contributed by atoms with E-state index < -0.39 is 0 Å². The van der Waals surface area contributed by atoms with Gasteiger partial charge in [-0.1, -0.05) is 41.4 Å². The van der Waals surface area contributed by atoms with Crippen LogP contribution >= 0.6 is 11.6 Å². The maximum absolute atomic E-state index is 12.0. The summed E-state index contributed by atoms with van der Waals surface area (Å²) >= 11 is 6.47. The molecule has 0 aliphatic carbocycles. The molecule has 0 atom stereocenters. The van der Waals surface area contributed by atoms with E-state index in [0.717, 1.165) is 11.3 Å². The third kappa shape index (κ3) is 5.61. The average molecular weight is 427 g/mol. The molecule has 1 aromatic carbocycles. The van der Waals surface area contributed by atoms with Gasteiger partial charge in [-0.05, 0) is 37.6 Å². The van der Waals surface area contributed by atoms with Gasteiger partial charge >= 0.3 is 0 Å². The Balaban J connectivity index is 1.51. The quantitative estimate of drug-likeness (QED) is 0.427. The molecule has 0 saturated heterocycles. The van der Waals surface area contributed by atoms with Crippen molar-refractivity contribution in [2.24, 2.45) is 0 Å². The van der Waals surface area contributed by atoms with Crippen molar-refractivity contribution in [2.75, 3.05) is 13.1 Å². The molecule has 0 saturated carbocycles. The number of rotatable bonds is 8. The summed E-state index contributed by atoms with van der Waals surface area (Å²) in [5.74, 6) is -0.383. The van der Waals surface area contributed by atoms with Gasteiger partial charge in [-0.25, -0.2) is 4.68 Å². The van der Waals surface area contributed by atoms with Crippen molar-refractivity contribution in [2.45, 2.75) is 20.4 Å². The minimum Gasteiger partial charge on any atom is -0.459 e. The Hall–Kier alpha value is -3.32. The first kappa shape index (κ1) is 21.4. The zero-order valence-corrected chi connectivity index (χ0v) is 17.6. The van der Waals surface area contributed by atoms with Gasteiger partial charge < -0.3 is 15.1 Å². The predicted octanol–water partition coefficient (Wildman–Crippen LogP) is 3.35. The van der Waals surface area contributed by atoms with Crippen LogP contribution in [0.4, 0.5) is 0 Å². The number of halogens is 1. The van der Waals surface area contributed by atoms with Gasteiger partial charge in [-0.3, -0.25) is 9.59 Å². The number of aromatic nitrogens is 2. The topological polar surface area (TPSA) is 89.2 Å². The minimum absolute atomic E-state index is 0.231. The van der Waals surface area contributed by atoms with Crippen molar-refractivity contribution in [3.05, 3.63) is 82.0 Å². The number of aryl methyl sites for hydroxylation is 2. The summed E-state index contributed by atoms with van der Waals surface area (Å²) in [5.41, 5.74) is 3.72. The minimum atomic E-state index is -0.326. The molecule has 0 radical (unpaired) electrons. The van der Waals surface area contributed by atoms with Crippen LogP contribution in [0.5, 0.6) is 0 Å². The monoisotopic (exact) mass is 426 g/mol. The van der Waals surface area contributed by atoms with E-state index in [0.29, 0.717) is 17.3 Å². The van der Waals surface area contributed by atoms with Crippen LogP contribution in [0, 0.1) is 13.8 Å². The molecule has 2 aromatic heterocycles. The number of nitrogens with one attached hydrogen (secondary N) is 2. The van der Waals surface area contributed by atoms with Crippen LogP contribution in [0.3, 0.4) is 0 Å². The lowest BCUT2D eigenvalue weighted by molar-refractivity contribution is -0.116. The molecule has 0 bridgehead atoms. The van der Waals surface area contributed by atoms with E-state index in [4.69, 9.17) is 16.0 Å². The van der Waals surface area contributed by atoms with Crippen LogP contribution in [0.2, 0.25) is 5.15 Å². The number of furan rings is 1. The van der Waals surface area contributed by atoms with Crippen molar-refractivity contribution < 1.29 is 14.0 Å². The van der Waals surface area contributed by atoms with Gasteiger partial charge in [0.25, 0.3) is 5.91 Å². The van der Waals surface area contributed by atoms with E-state index in [1.165, 1.54) is 17.9 Å². The second-order valence-electron chi connectivity index (χ2n) is 6.79. The smallest absolute Gasteiger partial charge is 0.287 e. The van der Waals surface area contributed by atoms with E-state index in [9.17, 15) is 9.59 Å². The Morgan fingerprint density at radius 1 is 1.13 bits per heavy atom. The summed E-state index contributed by atoms with van der Waals surface area (Å²) in [6, 6.07) is 11.4. The summed E-state index contributed by atoms with van der Waals surface area (Å²) in [6.07, 6.45) is 4.48. The van der Waals surface area contributed by atoms with E-state index in [-0.39, 0.29) is 30.7 Å². The number of nitrogens with zero attached hydrogens (tertiary/aromatic N) is 2. The fourth-order valence-electron chi connectivity index (χ4n) is 2.80. The normalized spacial score (nSPS) is 11.0. The first-order chi connectivity index (χ1) is 14.4. The molecular weight excluding hydrogens is 404 g/mol. The van der Waals surface area contributed by atoms with Gasteiger partial charge in [0, 0.05) is 24.7 Å². The second-order valence-corrected chi connectivity index (χ2v) is 7.15. The van der Waals surface area contributed by atoms with Crippen molar-refractivity contribution in [3.8, 4) is 0 Å². The Morgan fingerprint density at radius 2 is 1.87 bits per heavy atom. The zero-order chi connectivity index (χ0) is 21.5. The van der Waals surface area contributed by atoms with Crippen LogP contribution in [0.25, 0.3) is 6.08 Å². The van der Waals surface area contributed by atoms with Crippen LogP contribution in [-0.4, -0.2) is 34.7 Å². The first-order valence-electron chi connectivity index (χ1n) is 9.50. The summed E-state index contributed by atoms with van der Waals surface area (Å²) < 4.78 is 6.71. The molecule has 2 N–H and O–H groups in total. The van der Waals surface area contributed by atoms with Gasteiger partial charge in [0.15, 0.2) is 5.76 Å². The van der Waals surface area contributed by atoms with E-state index in [1.54, 1.807) is 22.9 Å². The molecule has 8 heteroatoms. The van der Waals surface area contributed by atoms with Crippen molar-refractivity contribution in [1.29, 1.82) is 0 Å². The number of benzene rings is 1. The molecule has 0 aliphatic rings. The number of hydrogen-bond donors (Lipinski definition) is 2. The molecule has 2 amide bonds. The first-order valence-corrected chi connectivity index (χ1v) is 9.88. The Bertz CT molecular complexity index is 1040. The maximum Gasteiger partial charge on any atom is 0.287 e. The molecule has 156 valence electrons. The number of carbonyl (C=O) groups excluding carboxylic acids is 2. The molecule has 0 unspecified atom stereocenters. The molecule has 3 aromatic rings. The fraction of sp³-hybridized carbons (Fsp3) is 0.227. The summed E-state index contributed by atoms with van der Waals surface area (Å²) in [7, 11) is 0. The molecule has 3 rings (SSSR count). The third-order valence-electron chi connectivity index (χ3n) is 4.42. The highest BCUT2D eigenvalue weighted by atomic mass is 35.5. The third-order valence-corrected chi connectivity index (χ3v) is 4.82. The van der Waals surface area contributed by atoms with Gasteiger partial charge in [0.2, 0.25) is 5.91 Å². The lowest BCUT2D eigenvalue weighted by Crippen LogP contribution is -2.33. The van der Waals surface area contributed by atoms with Gasteiger partial charge in [0.05, 0.1) is 18.5 Å². The number of hydrogen-bond acceptors (Lipinski definition) is 4. The van der Waals surface area contributed by atoms with E-state index in [1.807, 2.05) is 38.1 Å². The molecule has 0 fully saturated rings. The zero-order valence-electron chi connectivity index (χ0n) is 16.8.